The average Bonchev–Trinajstić information content (AvgIpc) is 3.96. The molecule has 0 radical (unpaired) electrons. The molecular formula is C56H78N6O13. The number of aliphatic hydroxyl groups is 2. The molecule has 2 aromatic carbocycles. The predicted octanol–water partition coefficient (Wildman–Crippen LogP) is 5.42. The number of phenols is 2. The number of ether oxygens (including phenoxy) is 5. The molecule has 19 heteroatoms. The Hall–Kier alpha value is -5.60. The molecule has 410 valence electrons. The van der Waals surface area contributed by atoms with Crippen LogP contribution in [0.2, 0.25) is 0 Å². The fourth-order valence-corrected chi connectivity index (χ4v) is 11.7. The van der Waals surface area contributed by atoms with Gasteiger partial charge in [-0.1, -0.05) is 59.8 Å². The molecule has 5 N–H and O–H groups in total. The van der Waals surface area contributed by atoms with E-state index in [0.29, 0.717) is 50.4 Å². The lowest BCUT2D eigenvalue weighted by Gasteiger charge is -2.45. The van der Waals surface area contributed by atoms with Crippen molar-refractivity contribution in [3.8, 4) is 17.2 Å². The molecule has 0 unspecified atom stereocenters. The van der Waals surface area contributed by atoms with Gasteiger partial charge in [-0.3, -0.25) is 19.4 Å². The summed E-state index contributed by atoms with van der Waals surface area (Å²) in [4.78, 5) is 72.4. The number of anilines is 1. The van der Waals surface area contributed by atoms with Gasteiger partial charge in [0.25, 0.3) is 17.6 Å². The van der Waals surface area contributed by atoms with Crippen molar-refractivity contribution in [2.75, 3.05) is 58.8 Å². The van der Waals surface area contributed by atoms with Gasteiger partial charge in [0.05, 0.1) is 46.7 Å². The van der Waals surface area contributed by atoms with Crippen LogP contribution in [-0.4, -0.2) is 159 Å². The Balaban J connectivity index is 1.19. The molecule has 9 atom stereocenters. The largest absolute Gasteiger partial charge is 0.507 e. The standard InChI is InChI=1S/C56H78N6O13/c1-29(2)27-60-22-20-56(21-23-60)58-40-37-38-45(65)35(8)48-39(37)49(67)54(11,75-48)73-26-17-36(71-12)32(5)47(74-52(70)61-24-25-62(55(28-61)18-19-55)51(69)53(9,10)72-13)34(7)44(64)33(6)43(63)30(3)15-14-16-31(4)50(68)57-42(46(38)66)41(40)59-56/h14-17,26,29-30,32-34,36,43-44,47,58,63-66H,18-25,27-28H2,1-13H3/b15-14+,26-17+,31-16-,57-42?/t30-,32+,33+,34+,36-,43-,44+,47+,54-/m0/s1. The van der Waals surface area contributed by atoms with Crippen molar-refractivity contribution >= 4 is 40.2 Å². The number of aromatic hydroxyl groups is 2. The number of piperazine rings is 1. The molecule has 3 amide bonds. The summed E-state index contributed by atoms with van der Waals surface area (Å²) in [6.07, 6.45) is 5.41. The number of rotatable bonds is 6. The van der Waals surface area contributed by atoms with Crippen LogP contribution in [0.5, 0.6) is 17.2 Å². The molecule has 2 spiro atoms. The molecule has 3 fully saturated rings. The van der Waals surface area contributed by atoms with Gasteiger partial charge in [-0.15, -0.1) is 0 Å². The minimum Gasteiger partial charge on any atom is -0.507 e. The molecule has 9 rings (SSSR count). The highest BCUT2D eigenvalue weighted by molar-refractivity contribution is 6.21. The van der Waals surface area contributed by atoms with Gasteiger partial charge >= 0.3 is 11.9 Å². The van der Waals surface area contributed by atoms with E-state index < -0.39 is 94.2 Å². The molecule has 6 aliphatic heterocycles. The first-order valence-corrected chi connectivity index (χ1v) is 26.5. The molecule has 75 heavy (non-hydrogen) atoms. The van der Waals surface area contributed by atoms with E-state index in [1.165, 1.54) is 33.5 Å². The van der Waals surface area contributed by atoms with Crippen LogP contribution in [0.15, 0.2) is 46.1 Å². The van der Waals surface area contributed by atoms with Crippen LogP contribution in [0, 0.1) is 36.5 Å². The topological polar surface area (TPSA) is 242 Å². The number of ketones is 1. The SMILES string of the molecule is CO[C@H]1/C=C/O[C@@]2(C)Oc3c(C)c(O)c4c(O)c(c5c(c4c3C2=O)NC2(CCN(CC(C)C)CC2)N=5)=NC(=O)/C(C)=C\C=C\[C@H](C)[C@H](O)[C@@H](C)[C@@H](O)[C@@H](C)[C@H](OC(=O)N2CCN(C(=O)C(C)(C)OC)C3(CC3)C2)[C@@H]1C. The van der Waals surface area contributed by atoms with Crippen molar-refractivity contribution in [3.05, 3.63) is 58.0 Å². The number of methoxy groups -OCH3 is 2. The number of hydrogen-bond acceptors (Lipinski definition) is 16. The summed E-state index contributed by atoms with van der Waals surface area (Å²) < 4.78 is 30.6. The van der Waals surface area contributed by atoms with Crippen molar-refractivity contribution in [1.82, 2.24) is 14.7 Å². The van der Waals surface area contributed by atoms with Crippen LogP contribution in [0.4, 0.5) is 10.5 Å². The first kappa shape index (κ1) is 55.6. The van der Waals surface area contributed by atoms with Gasteiger partial charge in [0, 0.05) is 113 Å². The van der Waals surface area contributed by atoms with E-state index in [9.17, 15) is 34.8 Å². The number of likely N-dealkylation sites (tertiary alicyclic amines) is 1. The number of nitrogens with zero attached hydrogens (tertiary/aromatic N) is 5. The van der Waals surface area contributed by atoms with E-state index in [0.717, 1.165) is 6.54 Å². The zero-order valence-corrected chi connectivity index (χ0v) is 45.9. The molecule has 2 aromatic rings. The molecule has 7 aliphatic rings. The number of nitrogens with one attached hydrogen (secondary N) is 1. The summed E-state index contributed by atoms with van der Waals surface area (Å²) in [6, 6.07) is 0. The summed E-state index contributed by atoms with van der Waals surface area (Å²) in [7, 11) is 2.97. The van der Waals surface area contributed by atoms with Crippen molar-refractivity contribution in [3.63, 3.8) is 0 Å². The second-order valence-electron chi connectivity index (χ2n) is 23.1. The lowest BCUT2D eigenvalue weighted by atomic mass is 9.78. The minimum atomic E-state index is -2.01. The van der Waals surface area contributed by atoms with Gasteiger partial charge in [-0.25, -0.2) is 9.79 Å². The van der Waals surface area contributed by atoms with Gasteiger partial charge < -0.3 is 64.1 Å². The summed E-state index contributed by atoms with van der Waals surface area (Å²) in [5.74, 6) is -6.71. The fraction of sp³-hybridized carbons (Fsp3) is 0.643. The van der Waals surface area contributed by atoms with E-state index in [2.05, 4.69) is 29.1 Å². The molecule has 19 nitrogen and oxygen atoms in total. The maximum absolute atomic E-state index is 15.0. The number of piperidine rings is 1. The van der Waals surface area contributed by atoms with Gasteiger partial charge in [0.15, 0.2) is 5.75 Å². The number of amides is 3. The lowest BCUT2D eigenvalue weighted by molar-refractivity contribution is -0.157. The Morgan fingerprint density at radius 3 is 2.21 bits per heavy atom. The molecule has 5 bridgehead atoms. The zero-order valence-electron chi connectivity index (χ0n) is 45.9. The van der Waals surface area contributed by atoms with Crippen molar-refractivity contribution in [1.29, 1.82) is 0 Å². The summed E-state index contributed by atoms with van der Waals surface area (Å²) in [5.41, 5.74) is -1.82. The smallest absolute Gasteiger partial charge is 0.410 e. The maximum atomic E-state index is 15.0. The maximum Gasteiger partial charge on any atom is 0.410 e. The number of aliphatic hydroxyl groups excluding tert-OH is 2. The Bertz CT molecular complexity index is 2830. The Kier molecular flexibility index (Phi) is 15.4. The Morgan fingerprint density at radius 1 is 0.907 bits per heavy atom. The minimum absolute atomic E-state index is 0.0331. The number of hydrogen-bond donors (Lipinski definition) is 5. The number of carbonyl (C=O) groups is 4. The van der Waals surface area contributed by atoms with Crippen LogP contribution in [0.25, 0.3) is 10.8 Å². The predicted molar refractivity (Wildman–Crippen MR) is 279 cm³/mol. The molecule has 6 heterocycles. The molecule has 1 aliphatic carbocycles. The monoisotopic (exact) mass is 1040 g/mol. The number of carbonyl (C=O) groups excluding carboxylic acids is 4. The molecule has 0 aromatic heterocycles. The lowest BCUT2D eigenvalue weighted by Crippen LogP contribution is -2.62. The normalized spacial score (nSPS) is 31.5. The zero-order chi connectivity index (χ0) is 54.9. The average molecular weight is 1040 g/mol. The number of Topliss-reactive ketones (excluding diaryl/α,β-unsaturated/α-hetero) is 1. The third kappa shape index (κ3) is 10.1. The van der Waals surface area contributed by atoms with Gasteiger partial charge in [0.2, 0.25) is 0 Å². The molecular weight excluding hydrogens is 965 g/mol. The second kappa shape index (κ2) is 20.7. The summed E-state index contributed by atoms with van der Waals surface area (Å²) in [5, 5.41) is 51.7. The van der Waals surface area contributed by atoms with Crippen molar-refractivity contribution < 1.29 is 63.3 Å². The first-order chi connectivity index (χ1) is 35.2. The van der Waals surface area contributed by atoms with E-state index in [1.54, 1.807) is 78.5 Å². The van der Waals surface area contributed by atoms with Crippen LogP contribution in [0.1, 0.15) is 111 Å². The summed E-state index contributed by atoms with van der Waals surface area (Å²) >= 11 is 0. The quantitative estimate of drug-likeness (QED) is 0.227. The molecule has 1 saturated carbocycles. The molecule has 2 saturated heterocycles. The van der Waals surface area contributed by atoms with E-state index in [1.807, 2.05) is 4.90 Å². The van der Waals surface area contributed by atoms with Gasteiger partial charge in [-0.05, 0) is 52.5 Å². The number of benzene rings is 2. The summed E-state index contributed by atoms with van der Waals surface area (Å²) in [6.45, 7) is 22.4. The highest BCUT2D eigenvalue weighted by atomic mass is 16.7. The second-order valence-corrected chi connectivity index (χ2v) is 23.1. The fourth-order valence-electron chi connectivity index (χ4n) is 11.7. The van der Waals surface area contributed by atoms with E-state index in [-0.39, 0.29) is 75.2 Å². The van der Waals surface area contributed by atoms with Crippen molar-refractivity contribution in [2.24, 2.45) is 39.6 Å². The highest BCUT2D eigenvalue weighted by Gasteiger charge is 2.57. The first-order valence-electron chi connectivity index (χ1n) is 26.5. The third-order valence-electron chi connectivity index (χ3n) is 16.9. The Morgan fingerprint density at radius 2 is 1.59 bits per heavy atom. The van der Waals surface area contributed by atoms with Crippen molar-refractivity contribution in [2.45, 2.75) is 149 Å². The van der Waals surface area contributed by atoms with Crippen LogP contribution >= 0.6 is 0 Å². The Labute approximate surface area is 439 Å². The third-order valence-corrected chi connectivity index (χ3v) is 16.9. The number of fused-ring (bicyclic) bond motifs is 13. The van der Waals surface area contributed by atoms with Gasteiger partial charge in [-0.2, -0.15) is 0 Å². The number of phenolic OH excluding ortho intramolecular Hbond substituents is 2. The van der Waals surface area contributed by atoms with Gasteiger partial charge in [0.1, 0.15) is 39.6 Å². The van der Waals surface area contributed by atoms with E-state index >= 15 is 4.79 Å². The van der Waals surface area contributed by atoms with Crippen LogP contribution in [0.3, 0.4) is 0 Å². The van der Waals surface area contributed by atoms with Crippen LogP contribution in [-0.2, 0) is 28.5 Å². The number of allylic oxidation sites excluding steroid dienone is 2. The van der Waals surface area contributed by atoms with Crippen LogP contribution < -0.4 is 20.8 Å². The highest BCUT2D eigenvalue weighted by Crippen LogP contribution is 2.52. The van der Waals surface area contributed by atoms with E-state index in [4.69, 9.17) is 28.7 Å².